The monoisotopic (exact) mass is 390 g/mol. The SMILES string of the molecule is NC(=O)N1CCN(Cc2cccc(OC[C@H](O)CN3CCCCCC3)c2)CC1. The van der Waals surface area contributed by atoms with Crippen LogP contribution in [-0.2, 0) is 6.54 Å². The molecule has 2 amide bonds. The number of aliphatic hydroxyl groups is 1. The van der Waals surface area contributed by atoms with E-state index in [0.29, 0.717) is 26.2 Å². The lowest BCUT2D eigenvalue weighted by atomic mass is 10.2. The largest absolute Gasteiger partial charge is 0.491 e. The number of ether oxygens (including phenoxy) is 1. The fraction of sp³-hybridized carbons (Fsp3) is 0.667. The van der Waals surface area contributed by atoms with Gasteiger partial charge in [0.05, 0.1) is 0 Å². The molecule has 2 aliphatic rings. The summed E-state index contributed by atoms with van der Waals surface area (Å²) in [5.41, 5.74) is 6.51. The van der Waals surface area contributed by atoms with E-state index < -0.39 is 6.10 Å². The van der Waals surface area contributed by atoms with Crippen LogP contribution in [0.2, 0.25) is 0 Å². The van der Waals surface area contributed by atoms with Gasteiger partial charge in [0, 0.05) is 39.3 Å². The summed E-state index contributed by atoms with van der Waals surface area (Å²) < 4.78 is 5.85. The van der Waals surface area contributed by atoms with E-state index in [0.717, 1.165) is 38.5 Å². The number of carbonyl (C=O) groups is 1. The highest BCUT2D eigenvalue weighted by atomic mass is 16.5. The van der Waals surface area contributed by atoms with Crippen LogP contribution in [0.3, 0.4) is 0 Å². The zero-order valence-corrected chi connectivity index (χ0v) is 16.8. The molecule has 0 radical (unpaired) electrons. The first-order valence-corrected chi connectivity index (χ1v) is 10.5. The van der Waals surface area contributed by atoms with Gasteiger partial charge in [0.1, 0.15) is 18.5 Å². The number of benzene rings is 1. The van der Waals surface area contributed by atoms with Crippen molar-refractivity contribution in [2.45, 2.75) is 38.3 Å². The predicted octanol–water partition coefficient (Wildman–Crippen LogP) is 1.50. The Labute approximate surface area is 168 Å². The van der Waals surface area contributed by atoms with Gasteiger partial charge in [-0.15, -0.1) is 0 Å². The molecule has 0 spiro atoms. The Morgan fingerprint density at radius 2 is 1.75 bits per heavy atom. The van der Waals surface area contributed by atoms with Gasteiger partial charge in [0.15, 0.2) is 0 Å². The molecule has 3 rings (SSSR count). The number of urea groups is 1. The van der Waals surface area contributed by atoms with E-state index in [9.17, 15) is 9.90 Å². The van der Waals surface area contributed by atoms with Crippen molar-refractivity contribution in [3.8, 4) is 5.75 Å². The summed E-state index contributed by atoms with van der Waals surface area (Å²) in [6.07, 6.45) is 4.58. The molecule has 1 aromatic rings. The third-order valence-electron chi connectivity index (χ3n) is 5.60. The normalized spacial score (nSPS) is 20.5. The molecule has 156 valence electrons. The fourth-order valence-electron chi connectivity index (χ4n) is 3.98. The van der Waals surface area contributed by atoms with Gasteiger partial charge in [-0.05, 0) is 43.6 Å². The topological polar surface area (TPSA) is 82.3 Å². The fourth-order valence-corrected chi connectivity index (χ4v) is 3.98. The highest BCUT2D eigenvalue weighted by Crippen LogP contribution is 2.17. The first kappa shape index (κ1) is 20.9. The summed E-state index contributed by atoms with van der Waals surface area (Å²) in [5.74, 6) is 0.795. The Bertz CT molecular complexity index is 611. The standard InChI is InChI=1S/C21H34N4O3/c22-21(27)25-12-10-24(11-13-25)15-18-6-5-7-20(14-18)28-17-19(26)16-23-8-3-1-2-4-9-23/h5-7,14,19,26H,1-4,8-13,15-17H2,(H2,22,27)/t19-/m1/s1. The van der Waals surface area contributed by atoms with Gasteiger partial charge >= 0.3 is 6.03 Å². The van der Waals surface area contributed by atoms with E-state index in [4.69, 9.17) is 10.5 Å². The first-order valence-electron chi connectivity index (χ1n) is 10.5. The molecule has 2 saturated heterocycles. The maximum absolute atomic E-state index is 11.2. The van der Waals surface area contributed by atoms with Crippen LogP contribution in [0.25, 0.3) is 0 Å². The number of nitrogens with zero attached hydrogens (tertiary/aromatic N) is 3. The Hall–Kier alpha value is -1.83. The molecule has 0 bridgehead atoms. The minimum absolute atomic E-state index is 0.317. The van der Waals surface area contributed by atoms with Gasteiger partial charge in [-0.3, -0.25) is 4.90 Å². The van der Waals surface area contributed by atoms with Gasteiger partial charge < -0.3 is 25.4 Å². The number of nitrogens with two attached hydrogens (primary N) is 1. The molecule has 2 fully saturated rings. The second kappa shape index (κ2) is 10.6. The van der Waals surface area contributed by atoms with Crippen molar-refractivity contribution >= 4 is 6.03 Å². The van der Waals surface area contributed by atoms with Crippen LogP contribution in [-0.4, -0.2) is 84.4 Å². The molecular weight excluding hydrogens is 356 g/mol. The minimum Gasteiger partial charge on any atom is -0.491 e. The average molecular weight is 391 g/mol. The van der Waals surface area contributed by atoms with E-state index in [2.05, 4.69) is 15.9 Å². The zero-order chi connectivity index (χ0) is 19.8. The highest BCUT2D eigenvalue weighted by Gasteiger charge is 2.19. The number of β-amino-alcohol motifs (C(OH)–C–C–N with tert-alkyl or cyclic N) is 1. The summed E-state index contributed by atoms with van der Waals surface area (Å²) in [6, 6.07) is 7.72. The maximum Gasteiger partial charge on any atom is 0.314 e. The van der Waals surface area contributed by atoms with Crippen molar-refractivity contribution in [2.24, 2.45) is 5.73 Å². The molecule has 2 aliphatic heterocycles. The molecule has 0 unspecified atom stereocenters. The first-order chi connectivity index (χ1) is 13.6. The van der Waals surface area contributed by atoms with Gasteiger partial charge in [0.2, 0.25) is 0 Å². The van der Waals surface area contributed by atoms with Gasteiger partial charge in [-0.2, -0.15) is 0 Å². The average Bonchev–Trinajstić information content (AvgIpc) is 2.96. The van der Waals surface area contributed by atoms with Crippen molar-refractivity contribution in [2.75, 3.05) is 52.4 Å². The molecule has 7 nitrogen and oxygen atoms in total. The Kier molecular flexibility index (Phi) is 7.94. The molecular formula is C21H34N4O3. The number of amides is 2. The molecule has 0 saturated carbocycles. The van der Waals surface area contributed by atoms with Crippen LogP contribution in [0.1, 0.15) is 31.2 Å². The van der Waals surface area contributed by atoms with E-state index in [1.165, 1.54) is 31.2 Å². The summed E-state index contributed by atoms with van der Waals surface area (Å²) in [4.78, 5) is 17.6. The van der Waals surface area contributed by atoms with E-state index >= 15 is 0 Å². The minimum atomic E-state index is -0.469. The molecule has 3 N–H and O–H groups in total. The summed E-state index contributed by atoms with van der Waals surface area (Å²) >= 11 is 0. The molecule has 1 atom stereocenters. The number of carbonyl (C=O) groups excluding carboxylic acids is 1. The van der Waals surface area contributed by atoms with Crippen molar-refractivity contribution in [1.82, 2.24) is 14.7 Å². The molecule has 2 heterocycles. The number of hydrogen-bond acceptors (Lipinski definition) is 5. The Morgan fingerprint density at radius 1 is 1.04 bits per heavy atom. The van der Waals surface area contributed by atoms with E-state index in [1.54, 1.807) is 4.90 Å². The van der Waals surface area contributed by atoms with Gasteiger partial charge in [-0.25, -0.2) is 4.79 Å². The summed E-state index contributed by atoms with van der Waals surface area (Å²) in [5, 5.41) is 10.3. The van der Waals surface area contributed by atoms with Crippen molar-refractivity contribution < 1.29 is 14.6 Å². The van der Waals surface area contributed by atoms with Crippen molar-refractivity contribution in [3.05, 3.63) is 29.8 Å². The second-order valence-corrected chi connectivity index (χ2v) is 7.93. The lowest BCUT2D eigenvalue weighted by molar-refractivity contribution is 0.0693. The highest BCUT2D eigenvalue weighted by molar-refractivity contribution is 5.72. The Balaban J connectivity index is 1.42. The molecule has 0 aliphatic carbocycles. The lowest BCUT2D eigenvalue weighted by Gasteiger charge is -2.33. The zero-order valence-electron chi connectivity index (χ0n) is 16.8. The van der Waals surface area contributed by atoms with E-state index in [1.807, 2.05) is 18.2 Å². The number of primary amides is 1. The third-order valence-corrected chi connectivity index (χ3v) is 5.60. The number of likely N-dealkylation sites (tertiary alicyclic amines) is 1. The third kappa shape index (κ3) is 6.65. The predicted molar refractivity (Wildman–Crippen MR) is 109 cm³/mol. The lowest BCUT2D eigenvalue weighted by Crippen LogP contribution is -2.50. The Morgan fingerprint density at radius 3 is 2.43 bits per heavy atom. The van der Waals surface area contributed by atoms with Crippen LogP contribution in [0, 0.1) is 0 Å². The second-order valence-electron chi connectivity index (χ2n) is 7.93. The number of hydrogen-bond donors (Lipinski definition) is 2. The molecule has 1 aromatic carbocycles. The van der Waals surface area contributed by atoms with Crippen molar-refractivity contribution in [1.29, 1.82) is 0 Å². The van der Waals surface area contributed by atoms with E-state index in [-0.39, 0.29) is 6.03 Å². The summed E-state index contributed by atoms with van der Waals surface area (Å²) in [7, 11) is 0. The van der Waals surface area contributed by atoms with Crippen LogP contribution in [0.5, 0.6) is 5.75 Å². The van der Waals surface area contributed by atoms with Crippen LogP contribution >= 0.6 is 0 Å². The van der Waals surface area contributed by atoms with Crippen LogP contribution in [0.15, 0.2) is 24.3 Å². The quantitative estimate of drug-likeness (QED) is 0.737. The number of aliphatic hydroxyl groups excluding tert-OH is 1. The van der Waals surface area contributed by atoms with Crippen molar-refractivity contribution in [3.63, 3.8) is 0 Å². The molecule has 0 aromatic heterocycles. The maximum atomic E-state index is 11.2. The number of piperazine rings is 1. The molecule has 7 heteroatoms. The van der Waals surface area contributed by atoms with Crippen LogP contribution < -0.4 is 10.5 Å². The van der Waals surface area contributed by atoms with Crippen LogP contribution in [0.4, 0.5) is 4.79 Å². The van der Waals surface area contributed by atoms with Gasteiger partial charge in [-0.1, -0.05) is 25.0 Å². The smallest absolute Gasteiger partial charge is 0.314 e. The number of rotatable bonds is 7. The van der Waals surface area contributed by atoms with Gasteiger partial charge in [0.25, 0.3) is 0 Å². The molecule has 28 heavy (non-hydrogen) atoms. The summed E-state index contributed by atoms with van der Waals surface area (Å²) in [6.45, 7) is 6.97.